The van der Waals surface area contributed by atoms with Crippen molar-refractivity contribution in [2.75, 3.05) is 0 Å². The van der Waals surface area contributed by atoms with Gasteiger partial charge in [-0.2, -0.15) is 18.3 Å². The minimum absolute atomic E-state index is 0.432. The van der Waals surface area contributed by atoms with Gasteiger partial charge >= 0.3 is 6.18 Å². The minimum atomic E-state index is -4.30. The number of aromatic amines is 1. The normalized spacial score (nSPS) is 12.3. The second-order valence-electron chi connectivity index (χ2n) is 3.32. The van der Waals surface area contributed by atoms with Crippen LogP contribution in [0.5, 0.6) is 0 Å². The van der Waals surface area contributed by atoms with Crippen LogP contribution in [0.4, 0.5) is 13.2 Å². The number of fused-ring (bicyclic) bond motifs is 1. The highest BCUT2D eigenvalue weighted by Gasteiger charge is 2.31. The number of halogens is 3. The van der Waals surface area contributed by atoms with Crippen molar-refractivity contribution in [3.05, 3.63) is 29.5 Å². The summed E-state index contributed by atoms with van der Waals surface area (Å²) in [6.07, 6.45) is -2.20. The van der Waals surface area contributed by atoms with Crippen LogP contribution in [0.2, 0.25) is 0 Å². The fourth-order valence-corrected chi connectivity index (χ4v) is 1.58. The summed E-state index contributed by atoms with van der Waals surface area (Å²) in [4.78, 5) is 0. The van der Waals surface area contributed by atoms with E-state index >= 15 is 0 Å². The molecule has 1 aromatic carbocycles. The molecule has 0 aliphatic heterocycles. The van der Waals surface area contributed by atoms with Crippen LogP contribution in [0.3, 0.4) is 0 Å². The number of nitrogens with one attached hydrogen (secondary N) is 1. The van der Waals surface area contributed by atoms with Gasteiger partial charge in [0.1, 0.15) is 0 Å². The standard InChI is InChI=1S/C10H9F3N2/c1-2-6-3-7(10(11,12)13)4-9-8(6)5-14-15-9/h3-5H,2H2,1H3,(H,14,15). The van der Waals surface area contributed by atoms with Gasteiger partial charge in [-0.15, -0.1) is 0 Å². The lowest BCUT2D eigenvalue weighted by atomic mass is 10.0. The third-order valence-electron chi connectivity index (χ3n) is 2.35. The molecule has 1 N–H and O–H groups in total. The second kappa shape index (κ2) is 3.25. The summed E-state index contributed by atoms with van der Waals surface area (Å²) in [5, 5.41) is 7.05. The Bertz CT molecular complexity index is 485. The van der Waals surface area contributed by atoms with E-state index in [1.165, 1.54) is 6.07 Å². The Hall–Kier alpha value is -1.52. The van der Waals surface area contributed by atoms with E-state index < -0.39 is 11.7 Å². The molecule has 0 unspecified atom stereocenters. The van der Waals surface area contributed by atoms with Gasteiger partial charge in [0.15, 0.2) is 0 Å². The maximum atomic E-state index is 12.5. The molecule has 15 heavy (non-hydrogen) atoms. The van der Waals surface area contributed by atoms with Gasteiger partial charge in [0.2, 0.25) is 0 Å². The third kappa shape index (κ3) is 1.69. The van der Waals surface area contributed by atoms with E-state index in [2.05, 4.69) is 10.2 Å². The molecule has 5 heteroatoms. The van der Waals surface area contributed by atoms with Gasteiger partial charge in [-0.05, 0) is 24.1 Å². The topological polar surface area (TPSA) is 28.7 Å². The predicted molar refractivity (Wildman–Crippen MR) is 50.5 cm³/mol. The summed E-state index contributed by atoms with van der Waals surface area (Å²) in [7, 11) is 0. The van der Waals surface area contributed by atoms with Crippen molar-refractivity contribution in [2.24, 2.45) is 0 Å². The molecule has 0 spiro atoms. The van der Waals surface area contributed by atoms with Gasteiger partial charge < -0.3 is 0 Å². The second-order valence-corrected chi connectivity index (χ2v) is 3.32. The number of rotatable bonds is 1. The van der Waals surface area contributed by atoms with Crippen LogP contribution in [0.25, 0.3) is 10.9 Å². The molecule has 0 fully saturated rings. The molecule has 2 rings (SSSR count). The Kier molecular flexibility index (Phi) is 2.17. The van der Waals surface area contributed by atoms with Crippen LogP contribution in [0.15, 0.2) is 18.3 Å². The Balaban J connectivity index is 2.69. The van der Waals surface area contributed by atoms with Crippen molar-refractivity contribution in [3.63, 3.8) is 0 Å². The Morgan fingerprint density at radius 3 is 2.67 bits per heavy atom. The van der Waals surface area contributed by atoms with Crippen LogP contribution >= 0.6 is 0 Å². The maximum absolute atomic E-state index is 12.5. The smallest absolute Gasteiger partial charge is 0.278 e. The lowest BCUT2D eigenvalue weighted by Gasteiger charge is -2.08. The number of alkyl halides is 3. The van der Waals surface area contributed by atoms with E-state index in [-0.39, 0.29) is 0 Å². The summed E-state index contributed by atoms with van der Waals surface area (Å²) >= 11 is 0. The number of H-pyrrole nitrogens is 1. The highest BCUT2D eigenvalue weighted by Crippen LogP contribution is 2.32. The van der Waals surface area contributed by atoms with Crippen molar-refractivity contribution in [1.29, 1.82) is 0 Å². The van der Waals surface area contributed by atoms with Gasteiger partial charge in [0.25, 0.3) is 0 Å². The molecule has 0 saturated heterocycles. The van der Waals surface area contributed by atoms with E-state index in [1.54, 1.807) is 6.20 Å². The molecule has 1 heterocycles. The van der Waals surface area contributed by atoms with Crippen molar-refractivity contribution in [1.82, 2.24) is 10.2 Å². The number of benzene rings is 1. The van der Waals surface area contributed by atoms with Crippen LogP contribution in [-0.4, -0.2) is 10.2 Å². The molecule has 0 radical (unpaired) electrons. The van der Waals surface area contributed by atoms with Gasteiger partial charge in [-0.3, -0.25) is 5.10 Å². The summed E-state index contributed by atoms with van der Waals surface area (Å²) in [5.74, 6) is 0. The number of aromatic nitrogens is 2. The monoisotopic (exact) mass is 214 g/mol. The molecule has 0 aliphatic rings. The Morgan fingerprint density at radius 1 is 1.33 bits per heavy atom. The fraction of sp³-hybridized carbons (Fsp3) is 0.300. The maximum Gasteiger partial charge on any atom is 0.416 e. The van der Waals surface area contributed by atoms with Gasteiger partial charge in [0.05, 0.1) is 17.3 Å². The highest BCUT2D eigenvalue weighted by molar-refractivity contribution is 5.82. The largest absolute Gasteiger partial charge is 0.416 e. The first-order chi connectivity index (χ1) is 7.02. The Labute approximate surface area is 84.1 Å². The van der Waals surface area contributed by atoms with E-state index in [0.29, 0.717) is 17.5 Å². The average molecular weight is 214 g/mol. The molecule has 0 atom stereocenters. The number of aryl methyl sites for hydroxylation is 1. The van der Waals surface area contributed by atoms with Gasteiger partial charge in [-0.1, -0.05) is 6.92 Å². The third-order valence-corrected chi connectivity index (χ3v) is 2.35. The lowest BCUT2D eigenvalue weighted by Crippen LogP contribution is -2.05. The fourth-order valence-electron chi connectivity index (χ4n) is 1.58. The van der Waals surface area contributed by atoms with E-state index in [4.69, 9.17) is 0 Å². The molecule has 0 aliphatic carbocycles. The Morgan fingerprint density at radius 2 is 2.07 bits per heavy atom. The first-order valence-electron chi connectivity index (χ1n) is 4.55. The average Bonchev–Trinajstić information content (AvgIpc) is 2.62. The zero-order valence-electron chi connectivity index (χ0n) is 8.02. The van der Waals surface area contributed by atoms with E-state index in [1.807, 2.05) is 6.92 Å². The van der Waals surface area contributed by atoms with Crippen molar-refractivity contribution < 1.29 is 13.2 Å². The zero-order valence-corrected chi connectivity index (χ0v) is 8.02. The SMILES string of the molecule is CCc1cc(C(F)(F)F)cc2[nH]ncc12. The molecule has 80 valence electrons. The van der Waals surface area contributed by atoms with Crippen molar-refractivity contribution in [2.45, 2.75) is 19.5 Å². The van der Waals surface area contributed by atoms with Crippen molar-refractivity contribution >= 4 is 10.9 Å². The summed E-state index contributed by atoms with van der Waals surface area (Å²) in [6.45, 7) is 1.82. The molecular formula is C10H9F3N2. The summed E-state index contributed by atoms with van der Waals surface area (Å²) in [6, 6.07) is 2.26. The number of hydrogen-bond acceptors (Lipinski definition) is 1. The zero-order chi connectivity index (χ0) is 11.1. The first kappa shape index (κ1) is 10.0. The first-order valence-corrected chi connectivity index (χ1v) is 4.55. The lowest BCUT2D eigenvalue weighted by molar-refractivity contribution is -0.137. The molecule has 2 aromatic rings. The van der Waals surface area contributed by atoms with E-state index in [0.717, 1.165) is 11.5 Å². The quantitative estimate of drug-likeness (QED) is 0.776. The minimum Gasteiger partial charge on any atom is -0.278 e. The molecule has 0 bridgehead atoms. The van der Waals surface area contributed by atoms with Crippen LogP contribution in [0.1, 0.15) is 18.1 Å². The molecule has 1 aromatic heterocycles. The van der Waals surface area contributed by atoms with Crippen molar-refractivity contribution in [3.8, 4) is 0 Å². The summed E-state index contributed by atoms with van der Waals surface area (Å²) < 4.78 is 37.5. The molecular weight excluding hydrogens is 205 g/mol. The van der Waals surface area contributed by atoms with E-state index in [9.17, 15) is 13.2 Å². The van der Waals surface area contributed by atoms with Crippen LogP contribution < -0.4 is 0 Å². The molecule has 2 nitrogen and oxygen atoms in total. The highest BCUT2D eigenvalue weighted by atomic mass is 19.4. The summed E-state index contributed by atoms with van der Waals surface area (Å²) in [5.41, 5.74) is 0.464. The predicted octanol–water partition coefficient (Wildman–Crippen LogP) is 3.14. The number of nitrogens with zero attached hydrogens (tertiary/aromatic N) is 1. The molecule has 0 amide bonds. The number of hydrogen-bond donors (Lipinski definition) is 1. The van der Waals surface area contributed by atoms with Gasteiger partial charge in [0, 0.05) is 5.39 Å². The molecule has 0 saturated carbocycles. The van der Waals surface area contributed by atoms with Gasteiger partial charge in [-0.25, -0.2) is 0 Å². The van der Waals surface area contributed by atoms with Crippen LogP contribution in [0, 0.1) is 0 Å². The van der Waals surface area contributed by atoms with Crippen LogP contribution in [-0.2, 0) is 12.6 Å².